The fraction of sp³-hybridized carbons (Fsp3) is 0.333. The molecule has 0 spiro atoms. The number of aliphatic hydroxyl groups excluding tert-OH is 1. The van der Waals surface area contributed by atoms with Crippen LogP contribution in [0.3, 0.4) is 0 Å². The number of H-pyrrole nitrogens is 1. The molecule has 1 fully saturated rings. The SMILES string of the molecule is Cc1ccc(-c2cc(C(=O)N3CC[C@@H](Nc4ncccn4)[C@H](O)C3)n[nH]2)s1. The summed E-state index contributed by atoms with van der Waals surface area (Å²) in [5, 5.41) is 20.7. The van der Waals surface area contributed by atoms with Gasteiger partial charge in [0.05, 0.1) is 22.7 Å². The minimum Gasteiger partial charge on any atom is -0.389 e. The highest BCUT2D eigenvalue weighted by Gasteiger charge is 2.31. The van der Waals surface area contributed by atoms with Crippen molar-refractivity contribution >= 4 is 23.2 Å². The number of aromatic nitrogens is 4. The Bertz CT molecular complexity index is 925. The highest BCUT2D eigenvalue weighted by molar-refractivity contribution is 7.15. The van der Waals surface area contributed by atoms with Gasteiger partial charge in [-0.3, -0.25) is 9.89 Å². The van der Waals surface area contributed by atoms with Crippen molar-refractivity contribution in [2.24, 2.45) is 0 Å². The number of hydrogen-bond acceptors (Lipinski definition) is 7. The maximum absolute atomic E-state index is 12.8. The quantitative estimate of drug-likeness (QED) is 0.634. The van der Waals surface area contributed by atoms with E-state index in [1.165, 1.54) is 4.88 Å². The molecule has 1 aliphatic heterocycles. The predicted octanol–water partition coefficient (Wildman–Crippen LogP) is 1.92. The number of amides is 1. The zero-order valence-electron chi connectivity index (χ0n) is 14.8. The lowest BCUT2D eigenvalue weighted by Gasteiger charge is -2.35. The number of carbonyl (C=O) groups is 1. The van der Waals surface area contributed by atoms with E-state index < -0.39 is 6.10 Å². The summed E-state index contributed by atoms with van der Waals surface area (Å²) in [5.41, 5.74) is 1.19. The van der Waals surface area contributed by atoms with Crippen molar-refractivity contribution in [1.82, 2.24) is 25.1 Å². The van der Waals surface area contributed by atoms with Gasteiger partial charge in [-0.2, -0.15) is 5.10 Å². The van der Waals surface area contributed by atoms with Crippen LogP contribution in [0.1, 0.15) is 21.8 Å². The zero-order valence-corrected chi connectivity index (χ0v) is 15.6. The molecule has 1 saturated heterocycles. The van der Waals surface area contributed by atoms with Gasteiger partial charge in [0, 0.05) is 30.4 Å². The number of anilines is 1. The van der Waals surface area contributed by atoms with Crippen molar-refractivity contribution in [3.8, 4) is 10.6 Å². The molecule has 3 aromatic rings. The van der Waals surface area contributed by atoms with E-state index in [4.69, 9.17) is 0 Å². The summed E-state index contributed by atoms with van der Waals surface area (Å²) in [7, 11) is 0. The third-order valence-electron chi connectivity index (χ3n) is 4.55. The number of rotatable bonds is 4. The number of nitrogens with zero attached hydrogens (tertiary/aromatic N) is 4. The Morgan fingerprint density at radius 1 is 1.37 bits per heavy atom. The number of aryl methyl sites for hydroxylation is 1. The van der Waals surface area contributed by atoms with Gasteiger partial charge < -0.3 is 15.3 Å². The summed E-state index contributed by atoms with van der Waals surface area (Å²) in [5.74, 6) is 0.295. The lowest BCUT2D eigenvalue weighted by molar-refractivity contribution is 0.0421. The van der Waals surface area contributed by atoms with Crippen LogP contribution in [0.5, 0.6) is 0 Å². The number of aliphatic hydroxyl groups is 1. The van der Waals surface area contributed by atoms with E-state index in [0.717, 1.165) is 10.6 Å². The Kier molecular flexibility index (Phi) is 4.87. The highest BCUT2D eigenvalue weighted by Crippen LogP contribution is 2.27. The number of likely N-dealkylation sites (tertiary alicyclic amines) is 1. The second kappa shape index (κ2) is 7.45. The summed E-state index contributed by atoms with van der Waals surface area (Å²) < 4.78 is 0. The Labute approximate surface area is 160 Å². The van der Waals surface area contributed by atoms with Gasteiger partial charge >= 0.3 is 0 Å². The lowest BCUT2D eigenvalue weighted by Crippen LogP contribution is -2.51. The largest absolute Gasteiger partial charge is 0.389 e. The molecule has 4 rings (SSSR count). The Morgan fingerprint density at radius 3 is 2.89 bits per heavy atom. The lowest BCUT2D eigenvalue weighted by atomic mass is 10.0. The van der Waals surface area contributed by atoms with Crippen LogP contribution in [0, 0.1) is 6.92 Å². The summed E-state index contributed by atoms with van der Waals surface area (Å²) in [6.45, 7) is 2.81. The molecule has 0 aromatic carbocycles. The second-order valence-electron chi connectivity index (χ2n) is 6.51. The van der Waals surface area contributed by atoms with Crippen LogP contribution >= 0.6 is 11.3 Å². The Morgan fingerprint density at radius 2 is 2.19 bits per heavy atom. The van der Waals surface area contributed by atoms with E-state index >= 15 is 0 Å². The Hall–Kier alpha value is -2.78. The molecule has 0 aliphatic carbocycles. The van der Waals surface area contributed by atoms with Gasteiger partial charge in [0.2, 0.25) is 5.95 Å². The molecular weight excluding hydrogens is 364 g/mol. The van der Waals surface area contributed by atoms with Crippen LogP contribution in [0.15, 0.2) is 36.7 Å². The molecule has 2 atom stereocenters. The minimum atomic E-state index is -0.704. The van der Waals surface area contributed by atoms with Gasteiger partial charge in [0.15, 0.2) is 5.69 Å². The average molecular weight is 384 g/mol. The fourth-order valence-electron chi connectivity index (χ4n) is 3.12. The number of piperidine rings is 1. The van der Waals surface area contributed by atoms with Crippen molar-refractivity contribution in [1.29, 1.82) is 0 Å². The maximum Gasteiger partial charge on any atom is 0.274 e. The highest BCUT2D eigenvalue weighted by atomic mass is 32.1. The summed E-state index contributed by atoms with van der Waals surface area (Å²) in [6, 6.07) is 7.35. The summed E-state index contributed by atoms with van der Waals surface area (Å²) in [6.07, 6.45) is 3.19. The Balaban J connectivity index is 1.40. The van der Waals surface area contributed by atoms with Crippen LogP contribution in [0.25, 0.3) is 10.6 Å². The van der Waals surface area contributed by atoms with Crippen molar-refractivity contribution in [3.63, 3.8) is 0 Å². The van der Waals surface area contributed by atoms with Crippen LogP contribution in [-0.4, -0.2) is 61.3 Å². The number of aromatic amines is 1. The van der Waals surface area contributed by atoms with Gasteiger partial charge in [-0.15, -0.1) is 11.3 Å². The molecule has 140 valence electrons. The minimum absolute atomic E-state index is 0.181. The molecule has 4 heterocycles. The number of hydrogen-bond donors (Lipinski definition) is 3. The van der Waals surface area contributed by atoms with E-state index in [2.05, 4.69) is 25.5 Å². The third-order valence-corrected chi connectivity index (χ3v) is 5.59. The van der Waals surface area contributed by atoms with Crippen molar-refractivity contribution in [2.45, 2.75) is 25.5 Å². The number of β-amino-alcohol motifs (C(OH)–C–C–N with tert-alkyl or cyclic N) is 1. The topological polar surface area (TPSA) is 107 Å². The molecule has 3 N–H and O–H groups in total. The van der Waals surface area contributed by atoms with E-state index in [1.54, 1.807) is 40.8 Å². The summed E-state index contributed by atoms with van der Waals surface area (Å²) in [4.78, 5) is 24.9. The van der Waals surface area contributed by atoms with Crippen molar-refractivity contribution < 1.29 is 9.90 Å². The van der Waals surface area contributed by atoms with Crippen molar-refractivity contribution in [2.75, 3.05) is 18.4 Å². The molecule has 0 unspecified atom stereocenters. The molecule has 1 aliphatic rings. The fourth-order valence-corrected chi connectivity index (χ4v) is 3.96. The first-order valence-electron chi connectivity index (χ1n) is 8.73. The maximum atomic E-state index is 12.8. The first kappa shape index (κ1) is 17.6. The van der Waals surface area contributed by atoms with Gasteiger partial charge in [-0.05, 0) is 37.6 Å². The van der Waals surface area contributed by atoms with Gasteiger partial charge in [0.1, 0.15) is 0 Å². The number of thiophene rings is 1. The molecule has 27 heavy (non-hydrogen) atoms. The molecule has 1 amide bonds. The molecular formula is C18H20N6O2S. The first-order chi connectivity index (χ1) is 13.1. The van der Waals surface area contributed by atoms with Gasteiger partial charge in [-0.1, -0.05) is 0 Å². The number of nitrogens with one attached hydrogen (secondary N) is 2. The molecule has 8 nitrogen and oxygen atoms in total. The smallest absolute Gasteiger partial charge is 0.274 e. The second-order valence-corrected chi connectivity index (χ2v) is 7.80. The van der Waals surface area contributed by atoms with E-state index in [9.17, 15) is 9.90 Å². The molecule has 0 saturated carbocycles. The van der Waals surface area contributed by atoms with Crippen LogP contribution in [0.4, 0.5) is 5.95 Å². The average Bonchev–Trinajstić information content (AvgIpc) is 3.33. The molecule has 3 aromatic heterocycles. The molecule has 0 radical (unpaired) electrons. The summed E-state index contributed by atoms with van der Waals surface area (Å²) >= 11 is 1.65. The molecule has 9 heteroatoms. The van der Waals surface area contributed by atoms with Gasteiger partial charge in [-0.25, -0.2) is 9.97 Å². The van der Waals surface area contributed by atoms with Crippen LogP contribution in [0.2, 0.25) is 0 Å². The van der Waals surface area contributed by atoms with E-state index in [-0.39, 0.29) is 18.5 Å². The monoisotopic (exact) mass is 384 g/mol. The zero-order chi connectivity index (χ0) is 18.8. The van der Waals surface area contributed by atoms with Gasteiger partial charge in [0.25, 0.3) is 5.91 Å². The van der Waals surface area contributed by atoms with Crippen LogP contribution in [-0.2, 0) is 0 Å². The third kappa shape index (κ3) is 3.83. The van der Waals surface area contributed by atoms with E-state index in [1.807, 2.05) is 19.1 Å². The van der Waals surface area contributed by atoms with Crippen LogP contribution < -0.4 is 5.32 Å². The normalized spacial score (nSPS) is 19.9. The van der Waals surface area contributed by atoms with Crippen molar-refractivity contribution in [3.05, 3.63) is 47.2 Å². The molecule has 0 bridgehead atoms. The predicted molar refractivity (Wildman–Crippen MR) is 103 cm³/mol. The van der Waals surface area contributed by atoms with E-state index in [0.29, 0.717) is 24.6 Å². The standard InChI is InChI=1S/C18H20N6O2S/c1-11-3-4-16(27-11)13-9-14(23-22-13)17(26)24-8-5-12(15(25)10-24)21-18-19-6-2-7-20-18/h2-4,6-7,9,12,15,25H,5,8,10H2,1H3,(H,22,23)(H,19,20,21)/t12-,15-/m1/s1. The number of carbonyl (C=O) groups excluding carboxylic acids is 1. The first-order valence-corrected chi connectivity index (χ1v) is 9.55.